The van der Waals surface area contributed by atoms with Gasteiger partial charge in [-0.15, -0.1) is 0 Å². The summed E-state index contributed by atoms with van der Waals surface area (Å²) < 4.78 is 4.92. The molecule has 7 heteroatoms. The van der Waals surface area contributed by atoms with Gasteiger partial charge >= 0.3 is 5.97 Å². The molecule has 0 aromatic heterocycles. The number of carbonyl (C=O) groups is 1. The lowest BCUT2D eigenvalue weighted by atomic mass is 10.2. The van der Waals surface area contributed by atoms with E-state index in [1.165, 1.54) is 11.3 Å². The molecule has 1 aliphatic heterocycles. The van der Waals surface area contributed by atoms with Crippen LogP contribution < -0.4 is 17.1 Å². The molecule has 0 unspecified atom stereocenters. The van der Waals surface area contributed by atoms with E-state index in [1.807, 2.05) is 0 Å². The molecule has 0 saturated heterocycles. The molecule has 0 spiro atoms. The average molecular weight is 225 g/mol. The van der Waals surface area contributed by atoms with Gasteiger partial charge in [-0.25, -0.2) is 21.3 Å². The number of hydrogen-bond donors (Lipinski definition) is 3. The predicted molar refractivity (Wildman–Crippen MR) is 59.3 cm³/mol. The van der Waals surface area contributed by atoms with E-state index in [-0.39, 0.29) is 6.61 Å². The first-order chi connectivity index (χ1) is 7.52. The minimum atomic E-state index is -0.430. The van der Waals surface area contributed by atoms with Crippen LogP contribution in [0.25, 0.3) is 0 Å². The molecule has 0 atom stereocenters. The zero-order chi connectivity index (χ0) is 12.1. The Kier molecular flexibility index (Phi) is 3.90. The molecule has 1 rings (SSSR count). The normalized spacial score (nSPS) is 14.8. The lowest BCUT2D eigenvalue weighted by Gasteiger charge is -2.24. The summed E-state index contributed by atoms with van der Waals surface area (Å²) in [6.07, 6.45) is 1.85. The van der Waals surface area contributed by atoms with E-state index in [9.17, 15) is 4.79 Å². The van der Waals surface area contributed by atoms with Crippen molar-refractivity contribution in [2.75, 3.05) is 6.61 Å². The van der Waals surface area contributed by atoms with Gasteiger partial charge in [0, 0.05) is 12.0 Å². The first kappa shape index (κ1) is 12.1. The SMILES string of the molecule is C=C(C)C(=O)OCCC1=C(N)C=NNN1N. The molecule has 16 heavy (non-hydrogen) atoms. The molecule has 88 valence electrons. The Bertz CT molecular complexity index is 361. The number of hydrazine groups is 2. The standard InChI is InChI=1S/C9H15N5O2/c1-6(2)9(15)16-4-3-8-7(10)5-12-13-14(8)11/h5,13H,1,3-4,10-11H2,2H3. The van der Waals surface area contributed by atoms with Gasteiger partial charge in [-0.2, -0.15) is 5.10 Å². The fourth-order valence-electron chi connectivity index (χ4n) is 1.06. The molecule has 1 aliphatic rings. The number of hydrazone groups is 1. The minimum absolute atomic E-state index is 0.185. The van der Waals surface area contributed by atoms with Gasteiger partial charge in [-0.05, 0) is 6.92 Å². The van der Waals surface area contributed by atoms with Crippen molar-refractivity contribution in [2.24, 2.45) is 16.7 Å². The zero-order valence-electron chi connectivity index (χ0n) is 9.06. The first-order valence-electron chi connectivity index (χ1n) is 4.67. The van der Waals surface area contributed by atoms with Gasteiger partial charge in [0.2, 0.25) is 0 Å². The van der Waals surface area contributed by atoms with Gasteiger partial charge in [-0.1, -0.05) is 6.58 Å². The van der Waals surface area contributed by atoms with Gasteiger partial charge < -0.3 is 10.5 Å². The largest absolute Gasteiger partial charge is 0.462 e. The minimum Gasteiger partial charge on any atom is -0.462 e. The van der Waals surface area contributed by atoms with Gasteiger partial charge in [0.15, 0.2) is 0 Å². The van der Waals surface area contributed by atoms with E-state index in [2.05, 4.69) is 17.2 Å². The van der Waals surface area contributed by atoms with E-state index >= 15 is 0 Å². The molecule has 7 nitrogen and oxygen atoms in total. The highest BCUT2D eigenvalue weighted by molar-refractivity contribution is 5.86. The fourth-order valence-corrected chi connectivity index (χ4v) is 1.06. The second kappa shape index (κ2) is 5.17. The van der Waals surface area contributed by atoms with Gasteiger partial charge in [-0.3, -0.25) is 0 Å². The number of carbonyl (C=O) groups excluding carboxylic acids is 1. The van der Waals surface area contributed by atoms with Crippen LogP contribution in [0.3, 0.4) is 0 Å². The second-order valence-corrected chi connectivity index (χ2v) is 3.30. The third-order valence-electron chi connectivity index (χ3n) is 1.91. The molecular formula is C9H15N5O2. The van der Waals surface area contributed by atoms with E-state index in [0.717, 1.165) is 0 Å². The molecule has 0 aliphatic carbocycles. The molecule has 0 bridgehead atoms. The summed E-state index contributed by atoms with van der Waals surface area (Å²) in [5.41, 5.74) is 9.57. The van der Waals surface area contributed by atoms with Crippen LogP contribution in [0.1, 0.15) is 13.3 Å². The van der Waals surface area contributed by atoms with Crippen molar-refractivity contribution >= 4 is 12.2 Å². The summed E-state index contributed by atoms with van der Waals surface area (Å²) in [5, 5.41) is 4.87. The van der Waals surface area contributed by atoms with Crippen LogP contribution in [-0.2, 0) is 9.53 Å². The molecule has 0 radical (unpaired) electrons. The first-order valence-corrected chi connectivity index (χ1v) is 4.67. The van der Waals surface area contributed by atoms with Crippen molar-refractivity contribution in [3.05, 3.63) is 23.5 Å². The topological polar surface area (TPSA) is 106 Å². The summed E-state index contributed by atoms with van der Waals surface area (Å²) in [4.78, 5) is 11.1. The number of nitrogens with one attached hydrogen (secondary N) is 1. The molecule has 0 amide bonds. The maximum Gasteiger partial charge on any atom is 0.333 e. The fraction of sp³-hybridized carbons (Fsp3) is 0.333. The Morgan fingerprint density at radius 2 is 2.44 bits per heavy atom. The van der Waals surface area contributed by atoms with E-state index in [4.69, 9.17) is 16.3 Å². The van der Waals surface area contributed by atoms with Gasteiger partial charge in [0.05, 0.1) is 24.2 Å². The van der Waals surface area contributed by atoms with Crippen molar-refractivity contribution in [2.45, 2.75) is 13.3 Å². The van der Waals surface area contributed by atoms with Crippen molar-refractivity contribution in [1.82, 2.24) is 10.7 Å². The second-order valence-electron chi connectivity index (χ2n) is 3.30. The number of esters is 1. The van der Waals surface area contributed by atoms with Crippen molar-refractivity contribution in [3.63, 3.8) is 0 Å². The summed E-state index contributed by atoms with van der Waals surface area (Å²) in [6, 6.07) is 0. The molecular weight excluding hydrogens is 210 g/mol. The van der Waals surface area contributed by atoms with Crippen LogP contribution in [0.15, 0.2) is 28.6 Å². The van der Waals surface area contributed by atoms with E-state index in [0.29, 0.717) is 23.4 Å². The Morgan fingerprint density at radius 3 is 3.00 bits per heavy atom. The third-order valence-corrected chi connectivity index (χ3v) is 1.91. The molecule has 0 aromatic carbocycles. The van der Waals surface area contributed by atoms with E-state index in [1.54, 1.807) is 6.92 Å². The summed E-state index contributed by atoms with van der Waals surface area (Å²) in [5.74, 6) is 5.13. The Balaban J connectivity index is 2.46. The Morgan fingerprint density at radius 1 is 1.75 bits per heavy atom. The van der Waals surface area contributed by atoms with E-state index < -0.39 is 5.97 Å². The van der Waals surface area contributed by atoms with Gasteiger partial charge in [0.25, 0.3) is 0 Å². The van der Waals surface area contributed by atoms with Crippen LogP contribution in [0.2, 0.25) is 0 Å². The molecule has 0 aromatic rings. The predicted octanol–water partition coefficient (Wildman–Crippen LogP) is -0.654. The number of allylic oxidation sites excluding steroid dienone is 1. The highest BCUT2D eigenvalue weighted by Crippen LogP contribution is 2.08. The molecule has 0 saturated carbocycles. The highest BCUT2D eigenvalue weighted by Gasteiger charge is 2.13. The van der Waals surface area contributed by atoms with Crippen LogP contribution in [0.5, 0.6) is 0 Å². The number of ether oxygens (including phenoxy) is 1. The lowest BCUT2D eigenvalue weighted by Crippen LogP contribution is -2.44. The van der Waals surface area contributed by atoms with Crippen LogP contribution in [-0.4, -0.2) is 23.9 Å². The number of nitrogens with two attached hydrogens (primary N) is 2. The summed E-state index contributed by atoms with van der Waals surface area (Å²) in [6.45, 7) is 5.24. The maximum absolute atomic E-state index is 11.1. The monoisotopic (exact) mass is 225 g/mol. The van der Waals surface area contributed by atoms with Crippen molar-refractivity contribution < 1.29 is 9.53 Å². The molecule has 5 N–H and O–H groups in total. The smallest absolute Gasteiger partial charge is 0.333 e. The number of nitrogens with zero attached hydrogens (tertiary/aromatic N) is 2. The average Bonchev–Trinajstić information content (AvgIpc) is 2.22. The van der Waals surface area contributed by atoms with Crippen molar-refractivity contribution in [3.8, 4) is 0 Å². The Labute approximate surface area is 93.3 Å². The molecule has 0 fully saturated rings. The lowest BCUT2D eigenvalue weighted by molar-refractivity contribution is -0.138. The van der Waals surface area contributed by atoms with Crippen molar-refractivity contribution in [1.29, 1.82) is 0 Å². The molecule has 1 heterocycles. The number of hydrogen-bond acceptors (Lipinski definition) is 7. The highest BCUT2D eigenvalue weighted by atomic mass is 16.5. The van der Waals surface area contributed by atoms with Gasteiger partial charge in [0.1, 0.15) is 0 Å². The van der Waals surface area contributed by atoms with Crippen LogP contribution in [0.4, 0.5) is 0 Å². The van der Waals surface area contributed by atoms with Crippen LogP contribution >= 0.6 is 0 Å². The zero-order valence-corrected chi connectivity index (χ0v) is 9.06. The Hall–Kier alpha value is -2.02. The number of rotatable bonds is 4. The maximum atomic E-state index is 11.1. The quantitative estimate of drug-likeness (QED) is 0.333. The summed E-state index contributed by atoms with van der Waals surface area (Å²) >= 11 is 0. The third kappa shape index (κ3) is 2.99. The summed E-state index contributed by atoms with van der Waals surface area (Å²) in [7, 11) is 0. The van der Waals surface area contributed by atoms with Crippen LogP contribution in [0, 0.1) is 0 Å².